The predicted octanol–water partition coefficient (Wildman–Crippen LogP) is 3.50. The third kappa shape index (κ3) is 2.29. The third-order valence-electron chi connectivity index (χ3n) is 3.43. The van der Waals surface area contributed by atoms with E-state index in [1.807, 2.05) is 18.2 Å². The Morgan fingerprint density at radius 1 is 1.50 bits per heavy atom. The van der Waals surface area contributed by atoms with Gasteiger partial charge in [0, 0.05) is 28.8 Å². The van der Waals surface area contributed by atoms with Crippen LogP contribution in [0.25, 0.3) is 0 Å². The van der Waals surface area contributed by atoms with Crippen molar-refractivity contribution in [3.8, 4) is 0 Å². The van der Waals surface area contributed by atoms with Gasteiger partial charge in [0.1, 0.15) is 0 Å². The van der Waals surface area contributed by atoms with E-state index in [0.717, 1.165) is 22.4 Å². The molecule has 1 aliphatic carbocycles. The zero-order chi connectivity index (χ0) is 11.7. The minimum absolute atomic E-state index is 0.578. The first-order chi connectivity index (χ1) is 7.63. The Kier molecular flexibility index (Phi) is 3.33. The molecule has 0 aliphatic heterocycles. The molecule has 0 aromatic heterocycles. The summed E-state index contributed by atoms with van der Waals surface area (Å²) in [6.07, 6.45) is 3.57. The van der Waals surface area contributed by atoms with E-state index in [1.165, 1.54) is 12.8 Å². The van der Waals surface area contributed by atoms with Gasteiger partial charge in [0.05, 0.1) is 0 Å². The number of aldehydes is 1. The molecule has 0 N–H and O–H groups in total. The van der Waals surface area contributed by atoms with Gasteiger partial charge in [-0.1, -0.05) is 0 Å². The van der Waals surface area contributed by atoms with E-state index in [2.05, 4.69) is 34.8 Å². The molecule has 16 heavy (non-hydrogen) atoms. The number of halogens is 1. The lowest BCUT2D eigenvalue weighted by molar-refractivity contribution is 0.112. The Balaban J connectivity index is 2.19. The molecular weight excluding hydrogens is 266 g/mol. The van der Waals surface area contributed by atoms with Crippen LogP contribution in [0.15, 0.2) is 22.7 Å². The van der Waals surface area contributed by atoms with E-state index >= 15 is 0 Å². The van der Waals surface area contributed by atoms with Crippen LogP contribution in [-0.4, -0.2) is 19.4 Å². The summed E-state index contributed by atoms with van der Waals surface area (Å²) in [6, 6.07) is 6.47. The molecule has 0 bridgehead atoms. The van der Waals surface area contributed by atoms with Gasteiger partial charge in [-0.15, -0.1) is 0 Å². The quantitative estimate of drug-likeness (QED) is 0.788. The van der Waals surface area contributed by atoms with E-state index < -0.39 is 0 Å². The number of hydrogen-bond acceptors (Lipinski definition) is 2. The standard InChI is InChI=1S/C13H16BrNO/c1-9(10-3-4-10)15(2)12-6-5-11(8-16)13(14)7-12/h5-10H,3-4H2,1-2H3. The minimum atomic E-state index is 0.578. The van der Waals surface area contributed by atoms with Gasteiger partial charge in [-0.3, -0.25) is 4.79 Å². The monoisotopic (exact) mass is 281 g/mol. The summed E-state index contributed by atoms with van der Waals surface area (Å²) < 4.78 is 0.870. The first-order valence-corrected chi connectivity index (χ1v) is 6.40. The first kappa shape index (κ1) is 11.6. The maximum absolute atomic E-state index is 10.7. The van der Waals surface area contributed by atoms with Gasteiger partial charge in [0.25, 0.3) is 0 Å². The molecule has 1 unspecified atom stereocenters. The van der Waals surface area contributed by atoms with Crippen LogP contribution >= 0.6 is 15.9 Å². The van der Waals surface area contributed by atoms with Gasteiger partial charge in [-0.2, -0.15) is 0 Å². The number of carbonyl (C=O) groups excluding carboxylic acids is 1. The zero-order valence-corrected chi connectivity index (χ0v) is 11.2. The molecule has 1 atom stereocenters. The lowest BCUT2D eigenvalue weighted by Crippen LogP contribution is -2.30. The summed E-state index contributed by atoms with van der Waals surface area (Å²) in [6.45, 7) is 2.26. The molecule has 0 amide bonds. The van der Waals surface area contributed by atoms with Crippen molar-refractivity contribution >= 4 is 27.9 Å². The SMILES string of the molecule is CC(C1CC1)N(C)c1ccc(C=O)c(Br)c1. The molecule has 0 saturated heterocycles. The summed E-state index contributed by atoms with van der Waals surface area (Å²) in [5.41, 5.74) is 1.87. The Labute approximate surface area is 105 Å². The van der Waals surface area contributed by atoms with Crippen molar-refractivity contribution in [1.29, 1.82) is 0 Å². The van der Waals surface area contributed by atoms with Crippen molar-refractivity contribution in [2.24, 2.45) is 5.92 Å². The molecule has 1 aromatic rings. The van der Waals surface area contributed by atoms with Gasteiger partial charge in [0.2, 0.25) is 0 Å². The number of hydrogen-bond donors (Lipinski definition) is 0. The molecule has 1 aliphatic rings. The van der Waals surface area contributed by atoms with E-state index in [0.29, 0.717) is 11.6 Å². The van der Waals surface area contributed by atoms with Gasteiger partial charge < -0.3 is 4.90 Å². The fraction of sp³-hybridized carbons (Fsp3) is 0.462. The highest BCUT2D eigenvalue weighted by Gasteiger charge is 2.30. The summed E-state index contributed by atoms with van der Waals surface area (Å²) in [4.78, 5) is 13.0. The van der Waals surface area contributed by atoms with Crippen LogP contribution in [0.3, 0.4) is 0 Å². The number of rotatable bonds is 4. The molecule has 2 nitrogen and oxygen atoms in total. The highest BCUT2D eigenvalue weighted by Crippen LogP contribution is 2.36. The minimum Gasteiger partial charge on any atom is -0.372 e. The molecule has 0 radical (unpaired) electrons. The maximum atomic E-state index is 10.7. The van der Waals surface area contributed by atoms with Crippen LogP contribution in [0.2, 0.25) is 0 Å². The van der Waals surface area contributed by atoms with Crippen molar-refractivity contribution in [1.82, 2.24) is 0 Å². The second-order valence-electron chi connectivity index (χ2n) is 4.51. The molecular formula is C13H16BrNO. The molecule has 0 spiro atoms. The molecule has 1 aromatic carbocycles. The second kappa shape index (κ2) is 4.58. The van der Waals surface area contributed by atoms with E-state index in [-0.39, 0.29) is 0 Å². The number of benzene rings is 1. The van der Waals surface area contributed by atoms with Crippen LogP contribution in [0.4, 0.5) is 5.69 Å². The van der Waals surface area contributed by atoms with Crippen molar-refractivity contribution < 1.29 is 4.79 Å². The summed E-state index contributed by atoms with van der Waals surface area (Å²) >= 11 is 3.42. The van der Waals surface area contributed by atoms with Crippen LogP contribution in [0.5, 0.6) is 0 Å². The topological polar surface area (TPSA) is 20.3 Å². The average molecular weight is 282 g/mol. The van der Waals surface area contributed by atoms with Crippen molar-refractivity contribution in [3.05, 3.63) is 28.2 Å². The molecule has 0 heterocycles. The second-order valence-corrected chi connectivity index (χ2v) is 5.37. The van der Waals surface area contributed by atoms with Crippen LogP contribution in [-0.2, 0) is 0 Å². The van der Waals surface area contributed by atoms with E-state index in [1.54, 1.807) is 0 Å². The Hall–Kier alpha value is -0.830. The number of carbonyl (C=O) groups is 1. The maximum Gasteiger partial charge on any atom is 0.151 e. The molecule has 86 valence electrons. The van der Waals surface area contributed by atoms with Crippen molar-refractivity contribution in [3.63, 3.8) is 0 Å². The lowest BCUT2D eigenvalue weighted by atomic mass is 10.1. The Morgan fingerprint density at radius 3 is 2.69 bits per heavy atom. The average Bonchev–Trinajstić information content (AvgIpc) is 3.11. The van der Waals surface area contributed by atoms with Gasteiger partial charge in [-0.25, -0.2) is 0 Å². The highest BCUT2D eigenvalue weighted by atomic mass is 79.9. The lowest BCUT2D eigenvalue weighted by Gasteiger charge is -2.27. The predicted molar refractivity (Wildman–Crippen MR) is 70.1 cm³/mol. The smallest absolute Gasteiger partial charge is 0.151 e. The van der Waals surface area contributed by atoms with E-state index in [4.69, 9.17) is 0 Å². The highest BCUT2D eigenvalue weighted by molar-refractivity contribution is 9.10. The molecule has 1 saturated carbocycles. The number of nitrogens with zero attached hydrogens (tertiary/aromatic N) is 1. The van der Waals surface area contributed by atoms with Crippen LogP contribution < -0.4 is 4.90 Å². The summed E-state index contributed by atoms with van der Waals surface area (Å²) in [7, 11) is 2.12. The molecule has 3 heteroatoms. The third-order valence-corrected chi connectivity index (χ3v) is 4.12. The Bertz CT molecular complexity index is 401. The van der Waals surface area contributed by atoms with Crippen LogP contribution in [0, 0.1) is 5.92 Å². The number of anilines is 1. The molecule has 1 fully saturated rings. The Morgan fingerprint density at radius 2 is 2.19 bits per heavy atom. The fourth-order valence-electron chi connectivity index (χ4n) is 1.96. The first-order valence-electron chi connectivity index (χ1n) is 5.61. The van der Waals surface area contributed by atoms with Gasteiger partial charge in [-0.05, 0) is 59.8 Å². The zero-order valence-electron chi connectivity index (χ0n) is 9.61. The van der Waals surface area contributed by atoms with Crippen molar-refractivity contribution in [2.45, 2.75) is 25.8 Å². The fourth-order valence-corrected chi connectivity index (χ4v) is 2.42. The summed E-state index contributed by atoms with van der Waals surface area (Å²) in [5, 5.41) is 0. The van der Waals surface area contributed by atoms with Crippen molar-refractivity contribution in [2.75, 3.05) is 11.9 Å². The normalized spacial score (nSPS) is 16.9. The van der Waals surface area contributed by atoms with E-state index in [9.17, 15) is 4.79 Å². The largest absolute Gasteiger partial charge is 0.372 e. The molecule has 2 rings (SSSR count). The van der Waals surface area contributed by atoms with Gasteiger partial charge >= 0.3 is 0 Å². The van der Waals surface area contributed by atoms with Crippen LogP contribution in [0.1, 0.15) is 30.1 Å². The van der Waals surface area contributed by atoms with Gasteiger partial charge in [0.15, 0.2) is 6.29 Å². The summed E-state index contributed by atoms with van der Waals surface area (Å²) in [5.74, 6) is 0.842.